The average molecular weight is 204 g/mol. The van der Waals surface area contributed by atoms with Crippen LogP contribution < -0.4 is 4.90 Å². The molecule has 1 aromatic rings. The van der Waals surface area contributed by atoms with Gasteiger partial charge in [0.2, 0.25) is 5.91 Å². The van der Waals surface area contributed by atoms with Crippen LogP contribution in [0.1, 0.15) is 31.0 Å². The van der Waals surface area contributed by atoms with E-state index in [1.165, 1.54) is 5.56 Å². The zero-order valence-corrected chi connectivity index (χ0v) is 9.29. The Kier molecular flexibility index (Phi) is 2.71. The zero-order valence-electron chi connectivity index (χ0n) is 9.29. The molecule has 2 rings (SSSR count). The van der Waals surface area contributed by atoms with Gasteiger partial charge in [0.05, 0.1) is 0 Å². The fraction of sp³-hybridized carbons (Fsp3) is 0.500. The number of pyridine rings is 1. The van der Waals surface area contributed by atoms with E-state index >= 15 is 0 Å². The summed E-state index contributed by atoms with van der Waals surface area (Å²) in [5.41, 5.74) is 2.29. The first-order valence-electron chi connectivity index (χ1n) is 5.49. The van der Waals surface area contributed by atoms with Gasteiger partial charge < -0.3 is 0 Å². The number of carbonyl (C=O) groups excluding carboxylic acids is 1. The number of hydrogen-bond donors (Lipinski definition) is 0. The van der Waals surface area contributed by atoms with Crippen molar-refractivity contribution >= 4 is 11.7 Å². The second kappa shape index (κ2) is 4.01. The van der Waals surface area contributed by atoms with E-state index in [2.05, 4.69) is 18.0 Å². The minimum Gasteiger partial charge on any atom is -0.297 e. The smallest absolute Gasteiger partial charge is 0.228 e. The van der Waals surface area contributed by atoms with Crippen molar-refractivity contribution in [1.82, 2.24) is 4.98 Å². The van der Waals surface area contributed by atoms with Gasteiger partial charge in [0.1, 0.15) is 5.82 Å². The third-order valence-electron chi connectivity index (χ3n) is 2.91. The second-order valence-electron chi connectivity index (χ2n) is 3.92. The summed E-state index contributed by atoms with van der Waals surface area (Å²) in [7, 11) is 0. The largest absolute Gasteiger partial charge is 0.297 e. The SMILES string of the molecule is CCc1ccc(N2CCCC2=O)nc1C. The number of aryl methyl sites for hydroxylation is 2. The third kappa shape index (κ3) is 1.87. The lowest BCUT2D eigenvalue weighted by molar-refractivity contribution is -0.117. The van der Waals surface area contributed by atoms with Gasteiger partial charge >= 0.3 is 0 Å². The van der Waals surface area contributed by atoms with Crippen molar-refractivity contribution in [3.8, 4) is 0 Å². The number of nitrogens with zero attached hydrogens (tertiary/aromatic N) is 2. The van der Waals surface area contributed by atoms with E-state index in [0.717, 1.165) is 30.9 Å². The molecule has 0 atom stereocenters. The Hall–Kier alpha value is -1.38. The van der Waals surface area contributed by atoms with Gasteiger partial charge in [-0.25, -0.2) is 4.98 Å². The summed E-state index contributed by atoms with van der Waals surface area (Å²) in [4.78, 5) is 17.8. The first kappa shape index (κ1) is 10.1. The van der Waals surface area contributed by atoms with Gasteiger partial charge in [0.25, 0.3) is 0 Å². The summed E-state index contributed by atoms with van der Waals surface area (Å²) in [6, 6.07) is 4.03. The fourth-order valence-electron chi connectivity index (χ4n) is 1.99. The minimum atomic E-state index is 0.200. The van der Waals surface area contributed by atoms with E-state index < -0.39 is 0 Å². The molecule has 1 aliphatic heterocycles. The molecule has 80 valence electrons. The third-order valence-corrected chi connectivity index (χ3v) is 2.91. The topological polar surface area (TPSA) is 33.2 Å². The highest BCUT2D eigenvalue weighted by atomic mass is 16.2. The lowest BCUT2D eigenvalue weighted by Gasteiger charge is -2.15. The summed E-state index contributed by atoms with van der Waals surface area (Å²) < 4.78 is 0. The fourth-order valence-corrected chi connectivity index (χ4v) is 1.99. The molecular formula is C12H16N2O. The van der Waals surface area contributed by atoms with Gasteiger partial charge in [-0.1, -0.05) is 13.0 Å². The van der Waals surface area contributed by atoms with Gasteiger partial charge in [-0.15, -0.1) is 0 Å². The number of rotatable bonds is 2. The van der Waals surface area contributed by atoms with E-state index in [4.69, 9.17) is 0 Å². The molecule has 1 amide bonds. The molecule has 15 heavy (non-hydrogen) atoms. The molecule has 0 saturated carbocycles. The molecule has 0 spiro atoms. The highest BCUT2D eigenvalue weighted by Gasteiger charge is 2.22. The number of carbonyl (C=O) groups is 1. The van der Waals surface area contributed by atoms with Gasteiger partial charge in [0.15, 0.2) is 0 Å². The van der Waals surface area contributed by atoms with E-state index in [0.29, 0.717) is 6.42 Å². The summed E-state index contributed by atoms with van der Waals surface area (Å²) in [5, 5.41) is 0. The lowest BCUT2D eigenvalue weighted by Crippen LogP contribution is -2.25. The number of hydrogen-bond acceptors (Lipinski definition) is 2. The van der Waals surface area contributed by atoms with E-state index in [1.807, 2.05) is 13.0 Å². The van der Waals surface area contributed by atoms with Crippen LogP contribution in [0.5, 0.6) is 0 Å². The van der Waals surface area contributed by atoms with Crippen LogP contribution in [0.25, 0.3) is 0 Å². The zero-order chi connectivity index (χ0) is 10.8. The lowest BCUT2D eigenvalue weighted by atomic mass is 10.1. The summed E-state index contributed by atoms with van der Waals surface area (Å²) in [5.74, 6) is 1.01. The maximum Gasteiger partial charge on any atom is 0.228 e. The Balaban J connectivity index is 2.29. The van der Waals surface area contributed by atoms with E-state index in [1.54, 1.807) is 4.90 Å². The maximum absolute atomic E-state index is 11.5. The van der Waals surface area contributed by atoms with E-state index in [-0.39, 0.29) is 5.91 Å². The van der Waals surface area contributed by atoms with Crippen LogP contribution in [0.2, 0.25) is 0 Å². The molecule has 3 heteroatoms. The second-order valence-corrected chi connectivity index (χ2v) is 3.92. The summed E-state index contributed by atoms with van der Waals surface area (Å²) >= 11 is 0. The maximum atomic E-state index is 11.5. The van der Waals surface area contributed by atoms with Gasteiger partial charge in [-0.3, -0.25) is 9.69 Å². The molecule has 0 aliphatic carbocycles. The van der Waals surface area contributed by atoms with Crippen LogP contribution in [0.4, 0.5) is 5.82 Å². The molecule has 0 N–H and O–H groups in total. The Bertz CT molecular complexity index is 387. The molecule has 1 aliphatic rings. The highest BCUT2D eigenvalue weighted by molar-refractivity contribution is 5.94. The molecule has 1 fully saturated rings. The first-order valence-corrected chi connectivity index (χ1v) is 5.49. The highest BCUT2D eigenvalue weighted by Crippen LogP contribution is 2.20. The Morgan fingerprint density at radius 1 is 1.47 bits per heavy atom. The van der Waals surface area contributed by atoms with Gasteiger partial charge in [-0.2, -0.15) is 0 Å². The van der Waals surface area contributed by atoms with Crippen LogP contribution >= 0.6 is 0 Å². The van der Waals surface area contributed by atoms with Crippen molar-refractivity contribution in [3.63, 3.8) is 0 Å². The van der Waals surface area contributed by atoms with Crippen LogP contribution in [-0.4, -0.2) is 17.4 Å². The van der Waals surface area contributed by atoms with Crippen LogP contribution in [0.15, 0.2) is 12.1 Å². The summed E-state index contributed by atoms with van der Waals surface area (Å²) in [6.07, 6.45) is 2.61. The van der Waals surface area contributed by atoms with Crippen LogP contribution in [0.3, 0.4) is 0 Å². The van der Waals surface area contributed by atoms with E-state index in [9.17, 15) is 4.79 Å². The molecule has 0 unspecified atom stereocenters. The van der Waals surface area contributed by atoms with Crippen molar-refractivity contribution in [1.29, 1.82) is 0 Å². The predicted octanol–water partition coefficient (Wildman–Crippen LogP) is 2.08. The standard InChI is InChI=1S/C12H16N2O/c1-3-10-6-7-11(13-9(10)2)14-8-4-5-12(14)15/h6-7H,3-5,8H2,1-2H3. The predicted molar refractivity (Wildman–Crippen MR) is 59.9 cm³/mol. The van der Waals surface area contributed by atoms with Crippen molar-refractivity contribution in [2.24, 2.45) is 0 Å². The quantitative estimate of drug-likeness (QED) is 0.739. The molecular weight excluding hydrogens is 188 g/mol. The first-order chi connectivity index (χ1) is 7.22. The number of anilines is 1. The number of amides is 1. The van der Waals surface area contributed by atoms with Crippen molar-refractivity contribution < 1.29 is 4.79 Å². The average Bonchev–Trinajstić information content (AvgIpc) is 2.64. The Morgan fingerprint density at radius 2 is 2.27 bits per heavy atom. The molecule has 0 radical (unpaired) electrons. The minimum absolute atomic E-state index is 0.200. The van der Waals surface area contributed by atoms with Gasteiger partial charge in [-0.05, 0) is 31.4 Å². The Labute approximate surface area is 90.1 Å². The number of aromatic nitrogens is 1. The van der Waals surface area contributed by atoms with Crippen molar-refractivity contribution in [3.05, 3.63) is 23.4 Å². The molecule has 2 heterocycles. The normalized spacial score (nSPS) is 16.1. The van der Waals surface area contributed by atoms with Crippen molar-refractivity contribution in [2.45, 2.75) is 33.1 Å². The molecule has 0 bridgehead atoms. The molecule has 1 aromatic heterocycles. The Morgan fingerprint density at radius 3 is 2.80 bits per heavy atom. The van der Waals surface area contributed by atoms with Crippen LogP contribution in [-0.2, 0) is 11.2 Å². The summed E-state index contributed by atoms with van der Waals surface area (Å²) in [6.45, 7) is 4.93. The van der Waals surface area contributed by atoms with Crippen molar-refractivity contribution in [2.75, 3.05) is 11.4 Å². The van der Waals surface area contributed by atoms with Gasteiger partial charge in [0, 0.05) is 18.7 Å². The molecule has 1 saturated heterocycles. The molecule has 3 nitrogen and oxygen atoms in total. The van der Waals surface area contributed by atoms with Crippen LogP contribution in [0, 0.1) is 6.92 Å². The monoisotopic (exact) mass is 204 g/mol. The molecule has 0 aromatic carbocycles.